The molecule has 29 heavy (non-hydrogen) atoms. The summed E-state index contributed by atoms with van der Waals surface area (Å²) in [6.45, 7) is 0. The van der Waals surface area contributed by atoms with E-state index in [2.05, 4.69) is 15.5 Å². The highest BCUT2D eigenvalue weighted by Gasteiger charge is 2.22. The van der Waals surface area contributed by atoms with Crippen LogP contribution in [-0.4, -0.2) is 17.3 Å². The van der Waals surface area contributed by atoms with Crippen molar-refractivity contribution in [2.24, 2.45) is 0 Å². The molecule has 1 aromatic heterocycles. The largest absolute Gasteiger partial charge is 0.497 e. The van der Waals surface area contributed by atoms with E-state index < -0.39 is 6.04 Å². The number of ether oxygens (including phenoxy) is 1. The number of aromatic nitrogens is 2. The first kappa shape index (κ1) is 19.0. The minimum absolute atomic E-state index is 0.242. The third-order valence-electron chi connectivity index (χ3n) is 4.34. The molecule has 4 rings (SSSR count). The third-order valence-corrected chi connectivity index (χ3v) is 4.60. The molecular formula is C22H17ClFN3O2. The lowest BCUT2D eigenvalue weighted by Gasteiger charge is -2.17. The van der Waals surface area contributed by atoms with Gasteiger partial charge in [-0.2, -0.15) is 0 Å². The van der Waals surface area contributed by atoms with Crippen molar-refractivity contribution in [3.8, 4) is 17.2 Å². The summed E-state index contributed by atoms with van der Waals surface area (Å²) in [4.78, 5) is 0. The van der Waals surface area contributed by atoms with Gasteiger partial charge in [-0.1, -0.05) is 35.9 Å². The van der Waals surface area contributed by atoms with E-state index in [0.717, 1.165) is 17.0 Å². The van der Waals surface area contributed by atoms with Crippen LogP contribution in [0.15, 0.2) is 77.2 Å². The Bertz CT molecular complexity index is 1120. The molecule has 0 unspecified atom stereocenters. The van der Waals surface area contributed by atoms with Gasteiger partial charge in [0.05, 0.1) is 7.11 Å². The fourth-order valence-electron chi connectivity index (χ4n) is 2.91. The molecule has 0 saturated carbocycles. The fraction of sp³-hybridized carbons (Fsp3) is 0.0909. The topological polar surface area (TPSA) is 60.2 Å². The first-order chi connectivity index (χ1) is 14.1. The van der Waals surface area contributed by atoms with Gasteiger partial charge in [-0.25, -0.2) is 4.39 Å². The number of benzene rings is 3. The van der Waals surface area contributed by atoms with Crippen LogP contribution in [0, 0.1) is 5.82 Å². The fourth-order valence-corrected chi connectivity index (χ4v) is 3.04. The second-order valence-corrected chi connectivity index (χ2v) is 6.75. The molecular weight excluding hydrogens is 393 g/mol. The van der Waals surface area contributed by atoms with E-state index in [1.54, 1.807) is 31.4 Å². The van der Waals surface area contributed by atoms with E-state index in [4.69, 9.17) is 20.8 Å². The van der Waals surface area contributed by atoms with Gasteiger partial charge in [0, 0.05) is 22.3 Å². The molecule has 0 fully saturated rings. The molecule has 0 bridgehead atoms. The van der Waals surface area contributed by atoms with Gasteiger partial charge in [0.2, 0.25) is 11.8 Å². The zero-order chi connectivity index (χ0) is 20.2. The number of hydrogen-bond acceptors (Lipinski definition) is 5. The van der Waals surface area contributed by atoms with Crippen LogP contribution < -0.4 is 10.1 Å². The summed E-state index contributed by atoms with van der Waals surface area (Å²) in [5, 5.41) is 12.3. The van der Waals surface area contributed by atoms with Crippen LogP contribution in [0.4, 0.5) is 10.1 Å². The molecule has 0 amide bonds. The summed E-state index contributed by atoms with van der Waals surface area (Å²) in [5.41, 5.74) is 2.21. The standard InChI is InChI=1S/C22H17ClFN3O2/c1-28-19-7-3-6-18(13-19)25-20(14-8-10-16(23)11-9-14)22-27-26-21(29-22)15-4-2-5-17(24)12-15/h2-13,20,25H,1H3/t20-/m1/s1. The van der Waals surface area contributed by atoms with Crippen LogP contribution in [-0.2, 0) is 0 Å². The number of rotatable bonds is 6. The Morgan fingerprint density at radius 3 is 2.55 bits per heavy atom. The first-order valence-corrected chi connectivity index (χ1v) is 9.25. The smallest absolute Gasteiger partial charge is 0.247 e. The quantitative estimate of drug-likeness (QED) is 0.440. The molecule has 1 N–H and O–H groups in total. The molecule has 0 aliphatic rings. The lowest BCUT2D eigenvalue weighted by Crippen LogP contribution is -2.13. The Labute approximate surface area is 172 Å². The van der Waals surface area contributed by atoms with Gasteiger partial charge < -0.3 is 14.5 Å². The van der Waals surface area contributed by atoms with Crippen LogP contribution in [0.5, 0.6) is 5.75 Å². The molecule has 3 aromatic carbocycles. The van der Waals surface area contributed by atoms with Crippen molar-refractivity contribution in [3.05, 3.63) is 95.1 Å². The van der Waals surface area contributed by atoms with E-state index >= 15 is 0 Å². The van der Waals surface area contributed by atoms with Gasteiger partial charge >= 0.3 is 0 Å². The van der Waals surface area contributed by atoms with Crippen molar-refractivity contribution >= 4 is 17.3 Å². The molecule has 1 atom stereocenters. The van der Waals surface area contributed by atoms with Crippen LogP contribution in [0.1, 0.15) is 17.5 Å². The van der Waals surface area contributed by atoms with E-state index in [1.165, 1.54) is 12.1 Å². The summed E-state index contributed by atoms with van der Waals surface area (Å²) < 4.78 is 24.7. The van der Waals surface area contributed by atoms with Crippen LogP contribution in [0.2, 0.25) is 5.02 Å². The Hall–Kier alpha value is -3.38. The average molecular weight is 410 g/mol. The molecule has 4 aromatic rings. The third kappa shape index (κ3) is 4.38. The predicted molar refractivity (Wildman–Crippen MR) is 110 cm³/mol. The summed E-state index contributed by atoms with van der Waals surface area (Å²) in [5.74, 6) is 0.933. The van der Waals surface area contributed by atoms with E-state index in [1.807, 2.05) is 36.4 Å². The monoisotopic (exact) mass is 409 g/mol. The van der Waals surface area contributed by atoms with Crippen molar-refractivity contribution < 1.29 is 13.5 Å². The molecule has 7 heteroatoms. The predicted octanol–water partition coefficient (Wildman–Crippen LogP) is 5.74. The van der Waals surface area contributed by atoms with Gasteiger partial charge in [-0.3, -0.25) is 0 Å². The van der Waals surface area contributed by atoms with Crippen molar-refractivity contribution in [1.82, 2.24) is 10.2 Å². The Balaban J connectivity index is 1.71. The van der Waals surface area contributed by atoms with Crippen LogP contribution >= 0.6 is 11.6 Å². The Morgan fingerprint density at radius 2 is 1.79 bits per heavy atom. The maximum Gasteiger partial charge on any atom is 0.247 e. The number of nitrogens with zero attached hydrogens (tertiary/aromatic N) is 2. The number of halogens is 2. The van der Waals surface area contributed by atoms with Crippen molar-refractivity contribution in [2.75, 3.05) is 12.4 Å². The molecule has 146 valence electrons. The molecule has 0 saturated heterocycles. The van der Waals surface area contributed by atoms with Gasteiger partial charge in [0.25, 0.3) is 0 Å². The second-order valence-electron chi connectivity index (χ2n) is 6.32. The molecule has 1 heterocycles. The number of anilines is 1. The maximum absolute atomic E-state index is 13.6. The van der Waals surface area contributed by atoms with E-state index in [-0.39, 0.29) is 11.7 Å². The van der Waals surface area contributed by atoms with E-state index in [0.29, 0.717) is 16.5 Å². The van der Waals surface area contributed by atoms with Gasteiger partial charge in [-0.05, 0) is 48.0 Å². The molecule has 0 aliphatic heterocycles. The normalized spacial score (nSPS) is 11.8. The lowest BCUT2D eigenvalue weighted by atomic mass is 10.1. The van der Waals surface area contributed by atoms with E-state index in [9.17, 15) is 4.39 Å². The number of nitrogens with one attached hydrogen (secondary N) is 1. The summed E-state index contributed by atoms with van der Waals surface area (Å²) in [6.07, 6.45) is 0. The zero-order valence-electron chi connectivity index (χ0n) is 15.5. The Kier molecular flexibility index (Phi) is 5.44. The average Bonchev–Trinajstić information content (AvgIpc) is 3.23. The lowest BCUT2D eigenvalue weighted by molar-refractivity contribution is 0.415. The minimum Gasteiger partial charge on any atom is -0.497 e. The van der Waals surface area contributed by atoms with Gasteiger partial charge in [0.1, 0.15) is 17.6 Å². The summed E-state index contributed by atoms with van der Waals surface area (Å²) >= 11 is 6.04. The highest BCUT2D eigenvalue weighted by molar-refractivity contribution is 6.30. The van der Waals surface area contributed by atoms with Crippen LogP contribution in [0.25, 0.3) is 11.5 Å². The van der Waals surface area contributed by atoms with Crippen molar-refractivity contribution in [2.45, 2.75) is 6.04 Å². The minimum atomic E-state index is -0.436. The summed E-state index contributed by atoms with van der Waals surface area (Å²) in [6, 6.07) is 20.5. The van der Waals surface area contributed by atoms with Crippen molar-refractivity contribution in [3.63, 3.8) is 0 Å². The first-order valence-electron chi connectivity index (χ1n) is 8.88. The Morgan fingerprint density at radius 1 is 1.00 bits per heavy atom. The molecule has 0 spiro atoms. The number of hydrogen-bond donors (Lipinski definition) is 1. The van der Waals surface area contributed by atoms with Crippen molar-refractivity contribution in [1.29, 1.82) is 0 Å². The molecule has 0 radical (unpaired) electrons. The highest BCUT2D eigenvalue weighted by Crippen LogP contribution is 2.30. The van der Waals surface area contributed by atoms with Gasteiger partial charge in [0.15, 0.2) is 0 Å². The van der Waals surface area contributed by atoms with Gasteiger partial charge in [-0.15, -0.1) is 10.2 Å². The number of methoxy groups -OCH3 is 1. The second kappa shape index (κ2) is 8.32. The molecule has 0 aliphatic carbocycles. The molecule has 5 nitrogen and oxygen atoms in total. The highest BCUT2D eigenvalue weighted by atomic mass is 35.5. The zero-order valence-corrected chi connectivity index (χ0v) is 16.2. The maximum atomic E-state index is 13.6. The van der Waals surface area contributed by atoms with Crippen LogP contribution in [0.3, 0.4) is 0 Å². The summed E-state index contributed by atoms with van der Waals surface area (Å²) in [7, 11) is 1.61. The SMILES string of the molecule is COc1cccc(N[C@H](c2ccc(Cl)cc2)c2nnc(-c3cccc(F)c3)o2)c1.